The molecule has 0 aromatic heterocycles. The molecule has 98 valence electrons. The van der Waals surface area contributed by atoms with Crippen molar-refractivity contribution in [1.29, 1.82) is 0 Å². The summed E-state index contributed by atoms with van der Waals surface area (Å²) in [6.45, 7) is 2.85. The van der Waals surface area contributed by atoms with E-state index >= 15 is 0 Å². The summed E-state index contributed by atoms with van der Waals surface area (Å²) >= 11 is 5.32. The lowest BCUT2D eigenvalue weighted by atomic mass is 9.96. The molecular formula is C13H24N2OS. The summed E-state index contributed by atoms with van der Waals surface area (Å²) < 4.78 is 5.36. The van der Waals surface area contributed by atoms with Crippen molar-refractivity contribution in [3.63, 3.8) is 0 Å². The number of hydrogen-bond acceptors (Lipinski definition) is 2. The van der Waals surface area contributed by atoms with E-state index in [0.717, 1.165) is 30.8 Å². The van der Waals surface area contributed by atoms with E-state index in [1.54, 1.807) is 0 Å². The highest BCUT2D eigenvalue weighted by atomic mass is 32.1. The molecule has 2 N–H and O–H groups in total. The molecule has 1 unspecified atom stereocenters. The molecule has 1 saturated heterocycles. The first-order valence-electron chi connectivity index (χ1n) is 6.96. The van der Waals surface area contributed by atoms with Crippen LogP contribution in [-0.2, 0) is 4.74 Å². The van der Waals surface area contributed by atoms with Crippen LogP contribution < -0.4 is 10.6 Å². The summed E-state index contributed by atoms with van der Waals surface area (Å²) in [6.07, 6.45) is 9.02. The normalized spacial score (nSPS) is 25.8. The van der Waals surface area contributed by atoms with Crippen LogP contribution in [-0.4, -0.2) is 30.9 Å². The predicted octanol–water partition coefficient (Wildman–Crippen LogP) is 2.21. The van der Waals surface area contributed by atoms with Crippen LogP contribution in [0.5, 0.6) is 0 Å². The SMILES string of the molecule is S=C(NCCC1CCOC1)NC1CCCCC1. The molecule has 4 heteroatoms. The fourth-order valence-corrected chi connectivity index (χ4v) is 2.95. The van der Waals surface area contributed by atoms with Crippen molar-refractivity contribution in [3.05, 3.63) is 0 Å². The molecule has 1 saturated carbocycles. The van der Waals surface area contributed by atoms with Crippen LogP contribution in [0, 0.1) is 5.92 Å². The zero-order valence-corrected chi connectivity index (χ0v) is 11.4. The molecule has 0 radical (unpaired) electrons. The topological polar surface area (TPSA) is 33.3 Å². The molecule has 0 bridgehead atoms. The molecule has 2 aliphatic rings. The highest BCUT2D eigenvalue weighted by Gasteiger charge is 2.16. The molecule has 2 rings (SSSR count). The molecule has 2 fully saturated rings. The molecule has 17 heavy (non-hydrogen) atoms. The van der Waals surface area contributed by atoms with E-state index in [2.05, 4.69) is 10.6 Å². The van der Waals surface area contributed by atoms with Crippen molar-refractivity contribution >= 4 is 17.3 Å². The molecule has 3 nitrogen and oxygen atoms in total. The molecule has 0 aromatic rings. The Balaban J connectivity index is 1.53. The monoisotopic (exact) mass is 256 g/mol. The number of thiocarbonyl (C=S) groups is 1. The van der Waals surface area contributed by atoms with E-state index in [0.29, 0.717) is 6.04 Å². The minimum absolute atomic E-state index is 0.610. The Bertz CT molecular complexity index is 236. The molecule has 1 aliphatic heterocycles. The van der Waals surface area contributed by atoms with Gasteiger partial charge in [-0.05, 0) is 43.8 Å². The van der Waals surface area contributed by atoms with Crippen LogP contribution in [0.25, 0.3) is 0 Å². The van der Waals surface area contributed by atoms with Crippen LogP contribution >= 0.6 is 12.2 Å². The summed E-state index contributed by atoms with van der Waals surface area (Å²) in [7, 11) is 0. The lowest BCUT2D eigenvalue weighted by Gasteiger charge is -2.24. The minimum atomic E-state index is 0.610. The van der Waals surface area contributed by atoms with Gasteiger partial charge in [0.15, 0.2) is 5.11 Å². The highest BCUT2D eigenvalue weighted by molar-refractivity contribution is 7.80. The van der Waals surface area contributed by atoms with E-state index in [4.69, 9.17) is 17.0 Å². The first-order chi connectivity index (χ1) is 8.34. The molecule has 1 aliphatic carbocycles. The van der Waals surface area contributed by atoms with Crippen LogP contribution in [0.1, 0.15) is 44.9 Å². The maximum Gasteiger partial charge on any atom is 0.166 e. The Morgan fingerprint density at radius 2 is 2.00 bits per heavy atom. The average molecular weight is 256 g/mol. The van der Waals surface area contributed by atoms with Crippen LogP contribution in [0.15, 0.2) is 0 Å². The molecule has 0 amide bonds. The van der Waals surface area contributed by atoms with Crippen molar-refractivity contribution in [1.82, 2.24) is 10.6 Å². The quantitative estimate of drug-likeness (QED) is 0.756. The third kappa shape index (κ3) is 4.80. The van der Waals surface area contributed by atoms with Gasteiger partial charge < -0.3 is 15.4 Å². The zero-order chi connectivity index (χ0) is 11.9. The van der Waals surface area contributed by atoms with Gasteiger partial charge in [0, 0.05) is 25.8 Å². The summed E-state index contributed by atoms with van der Waals surface area (Å²) in [4.78, 5) is 0. The van der Waals surface area contributed by atoms with Gasteiger partial charge in [-0.2, -0.15) is 0 Å². The van der Waals surface area contributed by atoms with Crippen molar-refractivity contribution in [3.8, 4) is 0 Å². The highest BCUT2D eigenvalue weighted by Crippen LogP contribution is 2.17. The first-order valence-corrected chi connectivity index (χ1v) is 7.37. The van der Waals surface area contributed by atoms with Crippen LogP contribution in [0.2, 0.25) is 0 Å². The number of ether oxygens (including phenoxy) is 1. The third-order valence-corrected chi connectivity index (χ3v) is 4.06. The number of hydrogen-bond donors (Lipinski definition) is 2. The van der Waals surface area contributed by atoms with E-state index in [9.17, 15) is 0 Å². The molecule has 0 spiro atoms. The largest absolute Gasteiger partial charge is 0.381 e. The van der Waals surface area contributed by atoms with Gasteiger partial charge in [0.1, 0.15) is 0 Å². The average Bonchev–Trinajstić information content (AvgIpc) is 2.83. The lowest BCUT2D eigenvalue weighted by Crippen LogP contribution is -2.43. The molecule has 0 aromatic carbocycles. The second-order valence-electron chi connectivity index (χ2n) is 5.25. The Hall–Kier alpha value is -0.350. The van der Waals surface area contributed by atoms with E-state index in [1.165, 1.54) is 44.9 Å². The van der Waals surface area contributed by atoms with Crippen LogP contribution in [0.4, 0.5) is 0 Å². The van der Waals surface area contributed by atoms with Crippen LogP contribution in [0.3, 0.4) is 0 Å². The van der Waals surface area contributed by atoms with Crippen molar-refractivity contribution in [2.24, 2.45) is 5.92 Å². The second kappa shape index (κ2) is 7.17. The Labute approximate surface area is 110 Å². The fourth-order valence-electron chi connectivity index (χ4n) is 2.68. The molecular weight excluding hydrogens is 232 g/mol. The maximum atomic E-state index is 5.36. The standard InChI is InChI=1S/C13H24N2OS/c17-13(15-12-4-2-1-3-5-12)14-8-6-11-7-9-16-10-11/h11-12H,1-10H2,(H2,14,15,17). The Morgan fingerprint density at radius 3 is 2.71 bits per heavy atom. The summed E-state index contributed by atoms with van der Waals surface area (Å²) in [6, 6.07) is 0.610. The summed E-state index contributed by atoms with van der Waals surface area (Å²) in [5, 5.41) is 7.60. The number of nitrogens with one attached hydrogen (secondary N) is 2. The van der Waals surface area contributed by atoms with Crippen molar-refractivity contribution in [2.45, 2.75) is 51.0 Å². The first kappa shape index (κ1) is 13.1. The molecule has 1 heterocycles. The van der Waals surface area contributed by atoms with Gasteiger partial charge in [-0.3, -0.25) is 0 Å². The third-order valence-electron chi connectivity index (χ3n) is 3.80. The van der Waals surface area contributed by atoms with Gasteiger partial charge >= 0.3 is 0 Å². The maximum absolute atomic E-state index is 5.36. The van der Waals surface area contributed by atoms with Gasteiger partial charge in [-0.15, -0.1) is 0 Å². The summed E-state index contributed by atoms with van der Waals surface area (Å²) in [5.41, 5.74) is 0. The van der Waals surface area contributed by atoms with E-state index in [1.807, 2.05) is 0 Å². The second-order valence-corrected chi connectivity index (χ2v) is 5.66. The smallest absolute Gasteiger partial charge is 0.166 e. The van der Waals surface area contributed by atoms with Gasteiger partial charge in [-0.1, -0.05) is 19.3 Å². The predicted molar refractivity (Wildman–Crippen MR) is 74.2 cm³/mol. The molecule has 1 atom stereocenters. The number of rotatable bonds is 4. The Kier molecular flexibility index (Phi) is 5.52. The van der Waals surface area contributed by atoms with Gasteiger partial charge in [0.25, 0.3) is 0 Å². The van der Waals surface area contributed by atoms with E-state index < -0.39 is 0 Å². The van der Waals surface area contributed by atoms with Gasteiger partial charge in [0.2, 0.25) is 0 Å². The zero-order valence-electron chi connectivity index (χ0n) is 10.5. The van der Waals surface area contributed by atoms with Gasteiger partial charge in [-0.25, -0.2) is 0 Å². The Morgan fingerprint density at radius 1 is 1.18 bits per heavy atom. The lowest BCUT2D eigenvalue weighted by molar-refractivity contribution is 0.184. The van der Waals surface area contributed by atoms with Crippen molar-refractivity contribution < 1.29 is 4.74 Å². The summed E-state index contributed by atoms with van der Waals surface area (Å²) in [5.74, 6) is 0.736. The minimum Gasteiger partial charge on any atom is -0.381 e. The fraction of sp³-hybridized carbons (Fsp3) is 0.923. The van der Waals surface area contributed by atoms with Gasteiger partial charge in [0.05, 0.1) is 0 Å². The van der Waals surface area contributed by atoms with Crippen molar-refractivity contribution in [2.75, 3.05) is 19.8 Å². The van der Waals surface area contributed by atoms with E-state index in [-0.39, 0.29) is 0 Å².